The molecule has 6 nitrogen and oxygen atoms in total. The van der Waals surface area contributed by atoms with Gasteiger partial charge in [0.2, 0.25) is 5.43 Å². The molecule has 1 atom stereocenters. The minimum atomic E-state index is -1.10. The summed E-state index contributed by atoms with van der Waals surface area (Å²) in [4.78, 5) is 29.0. The van der Waals surface area contributed by atoms with Crippen molar-refractivity contribution in [2.45, 2.75) is 38.3 Å². The van der Waals surface area contributed by atoms with Gasteiger partial charge in [-0.3, -0.25) is 19.3 Å². The summed E-state index contributed by atoms with van der Waals surface area (Å²) >= 11 is 0. The fraction of sp³-hybridized carbons (Fsp3) is 0.235. The van der Waals surface area contributed by atoms with Crippen LogP contribution >= 0.6 is 0 Å². The SMILES string of the molecule is CCCCOc1c2n(ccc1=O)N(C13C(=Cc4cc(F)c(F)cc41)Cc1ccccc13)CN(Cc1ccc(F)cc1)C2=O. The highest BCUT2D eigenvalue weighted by atomic mass is 19.2. The first-order valence-electron chi connectivity index (χ1n) is 14.3. The van der Waals surface area contributed by atoms with Crippen LogP contribution < -0.4 is 15.2 Å². The van der Waals surface area contributed by atoms with E-state index in [1.165, 1.54) is 30.3 Å². The van der Waals surface area contributed by atoms with Gasteiger partial charge in [-0.25, -0.2) is 13.2 Å². The number of fused-ring (bicyclic) bond motifs is 6. The van der Waals surface area contributed by atoms with Crippen LogP contribution in [0.5, 0.6) is 5.75 Å². The Bertz CT molecular complexity index is 1870. The summed E-state index contributed by atoms with van der Waals surface area (Å²) in [5, 5.41) is 1.93. The molecule has 3 aliphatic rings. The highest BCUT2D eigenvalue weighted by Gasteiger charge is 2.55. The molecular weight excluding hydrogens is 555 g/mol. The fourth-order valence-electron chi connectivity index (χ4n) is 6.64. The molecule has 0 spiro atoms. The molecule has 218 valence electrons. The average Bonchev–Trinajstić information content (AvgIpc) is 3.48. The molecule has 3 aromatic carbocycles. The first-order chi connectivity index (χ1) is 20.8. The monoisotopic (exact) mass is 583 g/mol. The van der Waals surface area contributed by atoms with Crippen LogP contribution in [0.15, 0.2) is 83.3 Å². The zero-order chi connectivity index (χ0) is 29.9. The van der Waals surface area contributed by atoms with Gasteiger partial charge in [-0.15, -0.1) is 0 Å². The first kappa shape index (κ1) is 27.1. The number of carbonyl (C=O) groups is 1. The highest BCUT2D eigenvalue weighted by molar-refractivity contribution is 5.96. The van der Waals surface area contributed by atoms with E-state index < -0.39 is 34.3 Å². The van der Waals surface area contributed by atoms with Crippen LogP contribution in [-0.4, -0.2) is 28.8 Å². The van der Waals surface area contributed by atoms with Crippen LogP contribution in [-0.2, 0) is 18.5 Å². The standard InChI is InChI=1S/C34H28F3N3O3/c1-2-3-14-43-32-30(41)12-13-39-31(32)33(42)38(19-21-8-10-25(35)11-9-21)20-40(39)34-24(15-22-6-4-5-7-26(22)34)16-23-17-28(36)29(37)18-27(23)34/h4-13,16-18H,2-3,14-15,19-20H2,1H3. The van der Waals surface area contributed by atoms with E-state index in [0.29, 0.717) is 29.5 Å². The van der Waals surface area contributed by atoms with E-state index in [-0.39, 0.29) is 31.3 Å². The molecule has 1 aromatic heterocycles. The van der Waals surface area contributed by atoms with E-state index in [2.05, 4.69) is 0 Å². The van der Waals surface area contributed by atoms with Crippen molar-refractivity contribution in [3.05, 3.63) is 140 Å². The number of unbranched alkanes of at least 4 members (excludes halogenated alkanes) is 1. The number of nitrogens with zero attached hydrogens (tertiary/aromatic N) is 3. The van der Waals surface area contributed by atoms with E-state index >= 15 is 4.39 Å². The Kier molecular flexibility index (Phi) is 6.41. The van der Waals surface area contributed by atoms with Crippen molar-refractivity contribution in [3.8, 4) is 5.75 Å². The lowest BCUT2D eigenvalue weighted by atomic mass is 9.83. The highest BCUT2D eigenvalue weighted by Crippen LogP contribution is 2.55. The third kappa shape index (κ3) is 4.09. The molecule has 43 heavy (non-hydrogen) atoms. The molecule has 9 heteroatoms. The van der Waals surface area contributed by atoms with Gasteiger partial charge < -0.3 is 9.64 Å². The average molecular weight is 584 g/mol. The van der Waals surface area contributed by atoms with Crippen molar-refractivity contribution in [1.29, 1.82) is 0 Å². The van der Waals surface area contributed by atoms with Crippen LogP contribution in [0.4, 0.5) is 13.2 Å². The van der Waals surface area contributed by atoms with E-state index in [1.54, 1.807) is 27.9 Å². The van der Waals surface area contributed by atoms with Gasteiger partial charge in [0.05, 0.1) is 6.61 Å². The Morgan fingerprint density at radius 2 is 1.70 bits per heavy atom. The number of amides is 1. The maximum Gasteiger partial charge on any atom is 0.278 e. The maximum absolute atomic E-state index is 15.0. The second-order valence-corrected chi connectivity index (χ2v) is 11.1. The Hall–Kier alpha value is -4.79. The molecule has 0 bridgehead atoms. The molecule has 0 saturated carbocycles. The molecule has 4 aromatic rings. The zero-order valence-corrected chi connectivity index (χ0v) is 23.4. The number of halogens is 3. The van der Waals surface area contributed by atoms with Gasteiger partial charge >= 0.3 is 0 Å². The van der Waals surface area contributed by atoms with Crippen molar-refractivity contribution >= 4 is 12.0 Å². The van der Waals surface area contributed by atoms with Crippen LogP contribution in [0.25, 0.3) is 6.08 Å². The van der Waals surface area contributed by atoms with E-state index in [1.807, 2.05) is 42.3 Å². The van der Waals surface area contributed by atoms with Crippen LogP contribution in [0, 0.1) is 17.5 Å². The smallest absolute Gasteiger partial charge is 0.278 e. The lowest BCUT2D eigenvalue weighted by Gasteiger charge is -2.49. The van der Waals surface area contributed by atoms with Gasteiger partial charge in [0, 0.05) is 18.8 Å². The number of ether oxygens (including phenoxy) is 1. The van der Waals surface area contributed by atoms with Gasteiger partial charge in [0.1, 0.15) is 18.0 Å². The number of hydrogen-bond donors (Lipinski definition) is 0. The third-order valence-electron chi connectivity index (χ3n) is 8.57. The molecule has 0 N–H and O–H groups in total. The topological polar surface area (TPSA) is 54.8 Å². The van der Waals surface area contributed by atoms with Gasteiger partial charge in [0.15, 0.2) is 23.1 Å². The Balaban J connectivity index is 1.48. The second kappa shape index (κ2) is 10.2. The van der Waals surface area contributed by atoms with Crippen molar-refractivity contribution in [3.63, 3.8) is 0 Å². The van der Waals surface area contributed by atoms with Crippen molar-refractivity contribution in [1.82, 2.24) is 9.58 Å². The summed E-state index contributed by atoms with van der Waals surface area (Å²) in [6.45, 7) is 2.40. The van der Waals surface area contributed by atoms with E-state index in [0.717, 1.165) is 23.1 Å². The molecule has 0 radical (unpaired) electrons. The van der Waals surface area contributed by atoms with Crippen LogP contribution in [0.3, 0.4) is 0 Å². The first-order valence-corrected chi connectivity index (χ1v) is 14.3. The van der Waals surface area contributed by atoms with E-state index in [9.17, 15) is 18.4 Å². The molecule has 7 rings (SSSR count). The molecule has 2 aliphatic carbocycles. The van der Waals surface area contributed by atoms with Crippen LogP contribution in [0.1, 0.15) is 58.1 Å². The number of aromatic nitrogens is 1. The van der Waals surface area contributed by atoms with E-state index in [4.69, 9.17) is 4.74 Å². The number of rotatable bonds is 7. The largest absolute Gasteiger partial charge is 0.487 e. The predicted molar refractivity (Wildman–Crippen MR) is 156 cm³/mol. The maximum atomic E-state index is 15.0. The Labute approximate surface area is 246 Å². The molecule has 0 saturated heterocycles. The minimum absolute atomic E-state index is 0.0323. The summed E-state index contributed by atoms with van der Waals surface area (Å²) in [6, 6.07) is 17.5. The third-order valence-corrected chi connectivity index (χ3v) is 8.57. The number of benzene rings is 3. The Morgan fingerprint density at radius 3 is 2.49 bits per heavy atom. The predicted octanol–water partition coefficient (Wildman–Crippen LogP) is 5.89. The number of hydrogen-bond acceptors (Lipinski definition) is 4. The lowest BCUT2D eigenvalue weighted by Crippen LogP contribution is -2.62. The zero-order valence-electron chi connectivity index (χ0n) is 23.4. The van der Waals surface area contributed by atoms with Crippen LogP contribution in [0.2, 0.25) is 0 Å². The molecule has 1 unspecified atom stereocenters. The molecule has 1 amide bonds. The van der Waals surface area contributed by atoms with Gasteiger partial charge in [-0.05, 0) is 70.5 Å². The van der Waals surface area contributed by atoms with Crippen molar-refractivity contribution in [2.75, 3.05) is 18.3 Å². The summed E-state index contributed by atoms with van der Waals surface area (Å²) < 4.78 is 50.9. The fourth-order valence-corrected chi connectivity index (χ4v) is 6.64. The number of carbonyl (C=O) groups excluding carboxylic acids is 1. The van der Waals surface area contributed by atoms with Gasteiger partial charge in [-0.2, -0.15) is 0 Å². The summed E-state index contributed by atoms with van der Waals surface area (Å²) in [5.74, 6) is -2.81. The van der Waals surface area contributed by atoms with Crippen molar-refractivity contribution in [2.24, 2.45) is 0 Å². The minimum Gasteiger partial charge on any atom is -0.487 e. The molecular formula is C34H28F3N3O3. The normalized spacial score (nSPS) is 18.2. The number of pyridine rings is 1. The Morgan fingerprint density at radius 1 is 0.930 bits per heavy atom. The quantitative estimate of drug-likeness (QED) is 0.255. The summed E-state index contributed by atoms with van der Waals surface area (Å²) in [7, 11) is 0. The lowest BCUT2D eigenvalue weighted by molar-refractivity contribution is 0.0649. The van der Waals surface area contributed by atoms with Crippen molar-refractivity contribution < 1.29 is 22.7 Å². The summed E-state index contributed by atoms with van der Waals surface area (Å²) in [6.07, 6.45) is 5.49. The molecule has 0 fully saturated rings. The van der Waals surface area contributed by atoms with Gasteiger partial charge in [0.25, 0.3) is 5.91 Å². The molecule has 2 heterocycles. The second-order valence-electron chi connectivity index (χ2n) is 11.1. The molecule has 1 aliphatic heterocycles. The summed E-state index contributed by atoms with van der Waals surface area (Å²) in [5.41, 5.74) is 3.08. The van der Waals surface area contributed by atoms with Gasteiger partial charge in [-0.1, -0.05) is 55.8 Å².